The molecule has 2 fully saturated rings. The first-order chi connectivity index (χ1) is 13.6. The van der Waals surface area contributed by atoms with Gasteiger partial charge >= 0.3 is 0 Å². The summed E-state index contributed by atoms with van der Waals surface area (Å²) in [5.41, 5.74) is 1.31. The number of likely N-dealkylation sites (tertiary alicyclic amines) is 2. The Morgan fingerprint density at radius 1 is 1.21 bits per heavy atom. The molecule has 2 atom stereocenters. The summed E-state index contributed by atoms with van der Waals surface area (Å²) in [6.07, 6.45) is 3.80. The Hall–Kier alpha value is -2.67. The van der Waals surface area contributed by atoms with Gasteiger partial charge < -0.3 is 19.6 Å². The van der Waals surface area contributed by atoms with Crippen molar-refractivity contribution in [3.63, 3.8) is 0 Å². The third-order valence-electron chi connectivity index (χ3n) is 6.25. The Morgan fingerprint density at radius 2 is 2.00 bits per heavy atom. The number of hydrogen-bond donors (Lipinski definition) is 1. The molecule has 1 aromatic carbocycles. The second kappa shape index (κ2) is 7.39. The standard InChI is InChI=1S/C21H26N4O3/c1-22-20(27)21-9-6-11-25(17(21)13-24(2)12-10-21)19(26)16-14-28-23-18(16)15-7-4-3-5-8-15/h3-5,7-8,14,17H,6,9-13H2,1-2H3,(H,22,27)/t17-,21+/m0/s1. The molecule has 3 heterocycles. The largest absolute Gasteiger partial charge is 0.363 e. The van der Waals surface area contributed by atoms with E-state index in [1.54, 1.807) is 7.05 Å². The number of nitrogens with one attached hydrogen (secondary N) is 1. The smallest absolute Gasteiger partial charge is 0.259 e. The van der Waals surface area contributed by atoms with Gasteiger partial charge in [0, 0.05) is 25.7 Å². The summed E-state index contributed by atoms with van der Waals surface area (Å²) in [5.74, 6) is -0.0786. The minimum atomic E-state index is -0.529. The summed E-state index contributed by atoms with van der Waals surface area (Å²) in [7, 11) is 3.72. The summed E-state index contributed by atoms with van der Waals surface area (Å²) in [6.45, 7) is 2.18. The van der Waals surface area contributed by atoms with Crippen LogP contribution in [-0.2, 0) is 4.79 Å². The molecule has 0 aliphatic carbocycles. The average molecular weight is 382 g/mol. The molecule has 1 N–H and O–H groups in total. The highest BCUT2D eigenvalue weighted by Crippen LogP contribution is 2.43. The van der Waals surface area contributed by atoms with Crippen LogP contribution in [0.2, 0.25) is 0 Å². The summed E-state index contributed by atoms with van der Waals surface area (Å²) >= 11 is 0. The fourth-order valence-electron chi connectivity index (χ4n) is 4.75. The van der Waals surface area contributed by atoms with E-state index < -0.39 is 5.41 Å². The predicted octanol–water partition coefficient (Wildman–Crippen LogP) is 2.01. The van der Waals surface area contributed by atoms with Gasteiger partial charge in [-0.1, -0.05) is 35.5 Å². The zero-order valence-corrected chi connectivity index (χ0v) is 16.4. The molecule has 0 saturated carbocycles. The van der Waals surface area contributed by atoms with E-state index >= 15 is 0 Å². The second-order valence-corrected chi connectivity index (χ2v) is 7.81. The molecule has 2 aromatic rings. The number of rotatable bonds is 3. The SMILES string of the molecule is CNC(=O)[C@@]12CCCN(C(=O)c3conc3-c3ccccc3)[C@H]1CN(C)CC2. The van der Waals surface area contributed by atoms with Crippen LogP contribution in [0.3, 0.4) is 0 Å². The number of hydrogen-bond acceptors (Lipinski definition) is 5. The molecule has 4 rings (SSSR count). The van der Waals surface area contributed by atoms with Crippen molar-refractivity contribution in [2.45, 2.75) is 25.3 Å². The van der Waals surface area contributed by atoms with Crippen molar-refractivity contribution in [2.75, 3.05) is 33.7 Å². The van der Waals surface area contributed by atoms with Crippen LogP contribution in [0.4, 0.5) is 0 Å². The molecule has 0 spiro atoms. The molecular weight excluding hydrogens is 356 g/mol. The Labute approximate surface area is 164 Å². The lowest BCUT2D eigenvalue weighted by Crippen LogP contribution is -2.66. The van der Waals surface area contributed by atoms with E-state index in [9.17, 15) is 9.59 Å². The number of likely N-dealkylation sites (N-methyl/N-ethyl adjacent to an activating group) is 1. The van der Waals surface area contributed by atoms with Crippen molar-refractivity contribution in [1.29, 1.82) is 0 Å². The molecule has 0 radical (unpaired) electrons. The first kappa shape index (κ1) is 18.7. The minimum absolute atomic E-state index is 0.0386. The zero-order valence-electron chi connectivity index (χ0n) is 16.4. The highest BCUT2D eigenvalue weighted by molar-refractivity contribution is 6.00. The molecule has 28 heavy (non-hydrogen) atoms. The summed E-state index contributed by atoms with van der Waals surface area (Å²) in [5, 5.41) is 6.92. The first-order valence-electron chi connectivity index (χ1n) is 9.78. The molecule has 7 nitrogen and oxygen atoms in total. The molecule has 1 aromatic heterocycles. The number of nitrogens with zero attached hydrogens (tertiary/aromatic N) is 3. The van der Waals surface area contributed by atoms with Gasteiger partial charge in [0.05, 0.1) is 11.5 Å². The lowest BCUT2D eigenvalue weighted by Gasteiger charge is -2.53. The van der Waals surface area contributed by atoms with Crippen LogP contribution in [0.5, 0.6) is 0 Å². The monoisotopic (exact) mass is 382 g/mol. The number of benzene rings is 1. The van der Waals surface area contributed by atoms with Crippen molar-refractivity contribution in [1.82, 2.24) is 20.3 Å². The van der Waals surface area contributed by atoms with Crippen molar-refractivity contribution >= 4 is 11.8 Å². The molecular formula is C21H26N4O3. The molecule has 2 aliphatic rings. The molecule has 2 amide bonds. The van der Waals surface area contributed by atoms with Crippen molar-refractivity contribution in [3.8, 4) is 11.3 Å². The summed E-state index contributed by atoms with van der Waals surface area (Å²) in [6, 6.07) is 9.40. The number of carbonyl (C=O) groups excluding carboxylic acids is 2. The Bertz CT molecular complexity index is 866. The van der Waals surface area contributed by atoms with E-state index in [0.717, 1.165) is 31.4 Å². The molecule has 7 heteroatoms. The van der Waals surface area contributed by atoms with E-state index in [4.69, 9.17) is 4.52 Å². The van der Waals surface area contributed by atoms with Gasteiger partial charge in [0.25, 0.3) is 5.91 Å². The molecule has 0 unspecified atom stereocenters. The first-order valence-corrected chi connectivity index (χ1v) is 9.78. The topological polar surface area (TPSA) is 78.7 Å². The van der Waals surface area contributed by atoms with Crippen LogP contribution in [0.1, 0.15) is 29.6 Å². The molecule has 0 bridgehead atoms. The van der Waals surface area contributed by atoms with Gasteiger partial charge in [0.15, 0.2) is 0 Å². The van der Waals surface area contributed by atoms with Crippen LogP contribution >= 0.6 is 0 Å². The third-order valence-corrected chi connectivity index (χ3v) is 6.25. The highest BCUT2D eigenvalue weighted by atomic mass is 16.5. The second-order valence-electron chi connectivity index (χ2n) is 7.81. The minimum Gasteiger partial charge on any atom is -0.363 e. The van der Waals surface area contributed by atoms with Gasteiger partial charge in [-0.15, -0.1) is 0 Å². The zero-order chi connectivity index (χ0) is 19.7. The van der Waals surface area contributed by atoms with Gasteiger partial charge in [0.2, 0.25) is 5.91 Å². The van der Waals surface area contributed by atoms with Crippen LogP contribution in [0.15, 0.2) is 41.1 Å². The normalized spacial score (nSPS) is 25.2. The number of fused-ring (bicyclic) bond motifs is 1. The van der Waals surface area contributed by atoms with Gasteiger partial charge in [-0.2, -0.15) is 0 Å². The lowest BCUT2D eigenvalue weighted by atomic mass is 9.67. The van der Waals surface area contributed by atoms with E-state index in [1.165, 1.54) is 6.26 Å². The van der Waals surface area contributed by atoms with Gasteiger partial charge in [-0.25, -0.2) is 0 Å². The van der Waals surface area contributed by atoms with Crippen molar-refractivity contribution in [2.24, 2.45) is 5.41 Å². The molecule has 2 saturated heterocycles. The number of aromatic nitrogens is 1. The Morgan fingerprint density at radius 3 is 2.75 bits per heavy atom. The average Bonchev–Trinajstić information content (AvgIpc) is 3.22. The van der Waals surface area contributed by atoms with Crippen LogP contribution in [-0.4, -0.2) is 66.5 Å². The molecule has 148 valence electrons. The maximum Gasteiger partial charge on any atom is 0.259 e. The van der Waals surface area contributed by atoms with Gasteiger partial charge in [-0.3, -0.25) is 9.59 Å². The van der Waals surface area contributed by atoms with Gasteiger partial charge in [0.1, 0.15) is 17.5 Å². The Kier molecular flexibility index (Phi) is 4.93. The van der Waals surface area contributed by atoms with E-state index in [2.05, 4.69) is 15.4 Å². The van der Waals surface area contributed by atoms with E-state index in [1.807, 2.05) is 42.3 Å². The van der Waals surface area contributed by atoms with Crippen LogP contribution in [0, 0.1) is 5.41 Å². The fourth-order valence-corrected chi connectivity index (χ4v) is 4.75. The maximum atomic E-state index is 13.5. The quantitative estimate of drug-likeness (QED) is 0.879. The van der Waals surface area contributed by atoms with E-state index in [-0.39, 0.29) is 17.9 Å². The fraction of sp³-hybridized carbons (Fsp3) is 0.476. The van der Waals surface area contributed by atoms with Crippen LogP contribution < -0.4 is 5.32 Å². The Balaban J connectivity index is 1.70. The van der Waals surface area contributed by atoms with Crippen LogP contribution in [0.25, 0.3) is 11.3 Å². The number of carbonyl (C=O) groups is 2. The molecule has 2 aliphatic heterocycles. The maximum absolute atomic E-state index is 13.5. The predicted molar refractivity (Wildman–Crippen MR) is 105 cm³/mol. The highest BCUT2D eigenvalue weighted by Gasteiger charge is 2.53. The lowest BCUT2D eigenvalue weighted by molar-refractivity contribution is -0.141. The summed E-state index contributed by atoms with van der Waals surface area (Å²) < 4.78 is 5.18. The number of piperidine rings is 2. The van der Waals surface area contributed by atoms with E-state index in [0.29, 0.717) is 24.3 Å². The van der Waals surface area contributed by atoms with Crippen molar-refractivity contribution in [3.05, 3.63) is 42.2 Å². The number of amides is 2. The van der Waals surface area contributed by atoms with Crippen molar-refractivity contribution < 1.29 is 14.1 Å². The summed E-state index contributed by atoms with van der Waals surface area (Å²) in [4.78, 5) is 30.5. The van der Waals surface area contributed by atoms with Gasteiger partial charge in [-0.05, 0) is 32.9 Å². The third kappa shape index (κ3) is 2.99.